The molecule has 26 heavy (non-hydrogen) atoms. The Labute approximate surface area is 167 Å². The number of nitrogens with zero attached hydrogens (tertiary/aromatic N) is 3. The van der Waals surface area contributed by atoms with E-state index in [1.54, 1.807) is 23.9 Å². The van der Waals surface area contributed by atoms with Crippen molar-refractivity contribution in [2.75, 3.05) is 5.75 Å². The van der Waals surface area contributed by atoms with Crippen LogP contribution >= 0.6 is 46.5 Å². The Bertz CT molecular complexity index is 883. The van der Waals surface area contributed by atoms with Gasteiger partial charge in [0.15, 0.2) is 8.68 Å². The second-order valence-electron chi connectivity index (χ2n) is 4.81. The number of thioether (sulfide) groups is 2. The number of hydrogen-bond acceptors (Lipinski definition) is 8. The predicted octanol–water partition coefficient (Wildman–Crippen LogP) is 4.32. The molecule has 0 atom stereocenters. The molecule has 0 saturated heterocycles. The van der Waals surface area contributed by atoms with E-state index < -0.39 is 0 Å². The van der Waals surface area contributed by atoms with E-state index in [9.17, 15) is 4.79 Å². The molecule has 0 saturated carbocycles. The van der Waals surface area contributed by atoms with Gasteiger partial charge in [0.2, 0.25) is 0 Å². The van der Waals surface area contributed by atoms with Crippen LogP contribution in [-0.4, -0.2) is 28.1 Å². The molecule has 3 aromatic rings. The van der Waals surface area contributed by atoms with Crippen molar-refractivity contribution in [2.45, 2.75) is 14.4 Å². The zero-order valence-electron chi connectivity index (χ0n) is 13.3. The first-order chi connectivity index (χ1) is 12.7. The second-order valence-corrected chi connectivity index (χ2v) is 8.64. The zero-order valence-corrected chi connectivity index (χ0v) is 16.5. The minimum absolute atomic E-state index is 0.208. The van der Waals surface area contributed by atoms with Crippen LogP contribution in [0, 0.1) is 0 Å². The molecule has 3 rings (SSSR count). The van der Waals surface area contributed by atoms with Gasteiger partial charge in [0, 0.05) is 10.8 Å². The Morgan fingerprint density at radius 1 is 1.23 bits per heavy atom. The molecule has 2 heterocycles. The summed E-state index contributed by atoms with van der Waals surface area (Å²) in [5.74, 6) is 1.28. The number of hydrazone groups is 1. The molecule has 0 spiro atoms. The molecule has 1 N–H and O–H groups in total. The fourth-order valence-electron chi connectivity index (χ4n) is 1.76. The molecule has 0 aliphatic heterocycles. The van der Waals surface area contributed by atoms with Gasteiger partial charge >= 0.3 is 0 Å². The summed E-state index contributed by atoms with van der Waals surface area (Å²) in [4.78, 5) is 11.8. The Morgan fingerprint density at radius 3 is 2.81 bits per heavy atom. The summed E-state index contributed by atoms with van der Waals surface area (Å²) in [7, 11) is 0. The van der Waals surface area contributed by atoms with Gasteiger partial charge in [-0.1, -0.05) is 64.7 Å². The van der Waals surface area contributed by atoms with E-state index >= 15 is 0 Å². The topological polar surface area (TPSA) is 80.4 Å². The summed E-state index contributed by atoms with van der Waals surface area (Å²) < 4.78 is 6.65. The van der Waals surface area contributed by atoms with Crippen LogP contribution in [0.25, 0.3) is 0 Å². The summed E-state index contributed by atoms with van der Waals surface area (Å²) in [6.45, 7) is 0. The number of halogens is 1. The Hall–Kier alpha value is -1.81. The third kappa shape index (κ3) is 5.87. The first-order valence-corrected chi connectivity index (χ1v) is 10.5. The summed E-state index contributed by atoms with van der Waals surface area (Å²) in [6.07, 6.45) is 2.98. The number of nitrogens with one attached hydrogen (secondary N) is 1. The molecular formula is C16H13ClN4O2S3. The fourth-order valence-corrected chi connectivity index (χ4v) is 4.86. The zero-order chi connectivity index (χ0) is 18.2. The van der Waals surface area contributed by atoms with E-state index in [-0.39, 0.29) is 11.7 Å². The number of hydrogen-bond donors (Lipinski definition) is 1. The predicted molar refractivity (Wildman–Crippen MR) is 106 cm³/mol. The maximum absolute atomic E-state index is 11.8. The molecule has 134 valence electrons. The lowest BCUT2D eigenvalue weighted by Gasteiger charge is -2.00. The Balaban J connectivity index is 1.42. The number of furan rings is 1. The first-order valence-electron chi connectivity index (χ1n) is 7.38. The molecule has 0 unspecified atom stereocenters. The summed E-state index contributed by atoms with van der Waals surface area (Å²) in [6, 6.07) is 11.2. The maximum atomic E-state index is 11.8. The highest BCUT2D eigenvalue weighted by molar-refractivity contribution is 8.03. The number of aromatic nitrogens is 2. The van der Waals surface area contributed by atoms with Crippen molar-refractivity contribution in [1.82, 2.24) is 15.6 Å². The molecule has 0 radical (unpaired) electrons. The number of amides is 1. The minimum Gasteiger partial charge on any atom is -0.463 e. The SMILES string of the molecule is O=C(CSc1nnc(SCc2ccccc2Cl)s1)N/N=C/c1ccco1. The van der Waals surface area contributed by atoms with Gasteiger partial charge in [0.05, 0.1) is 18.2 Å². The lowest BCUT2D eigenvalue weighted by atomic mass is 10.2. The summed E-state index contributed by atoms with van der Waals surface area (Å²) in [5.41, 5.74) is 3.49. The Kier molecular flexibility index (Phi) is 7.13. The van der Waals surface area contributed by atoms with Crippen molar-refractivity contribution in [1.29, 1.82) is 0 Å². The molecule has 1 aromatic carbocycles. The standard InChI is InChI=1S/C16H13ClN4O2S3/c17-13-6-2-1-4-11(13)9-24-15-20-21-16(26-15)25-10-14(22)19-18-8-12-5-3-7-23-12/h1-8H,9-10H2,(H,19,22)/b18-8+. The number of benzene rings is 1. The van der Waals surface area contributed by atoms with Crippen LogP contribution in [0.4, 0.5) is 0 Å². The van der Waals surface area contributed by atoms with Gasteiger partial charge in [0.25, 0.3) is 5.91 Å². The fraction of sp³-hybridized carbons (Fsp3) is 0.125. The van der Waals surface area contributed by atoms with Crippen LogP contribution in [0.1, 0.15) is 11.3 Å². The molecule has 10 heteroatoms. The molecule has 0 aliphatic carbocycles. The molecule has 2 aromatic heterocycles. The third-order valence-electron chi connectivity index (χ3n) is 2.95. The van der Waals surface area contributed by atoms with Crippen LogP contribution in [0.2, 0.25) is 5.02 Å². The molecule has 6 nitrogen and oxygen atoms in total. The highest BCUT2D eigenvalue weighted by atomic mass is 35.5. The van der Waals surface area contributed by atoms with Gasteiger partial charge < -0.3 is 4.42 Å². The summed E-state index contributed by atoms with van der Waals surface area (Å²) in [5, 5.41) is 12.8. The molecule has 1 amide bonds. The van der Waals surface area contributed by atoms with E-state index in [0.29, 0.717) is 5.76 Å². The largest absolute Gasteiger partial charge is 0.463 e. The third-order valence-corrected chi connectivity index (χ3v) is 6.56. The van der Waals surface area contributed by atoms with E-state index in [1.807, 2.05) is 24.3 Å². The van der Waals surface area contributed by atoms with Crippen molar-refractivity contribution in [3.8, 4) is 0 Å². The van der Waals surface area contributed by atoms with Crippen molar-refractivity contribution in [2.24, 2.45) is 5.10 Å². The first kappa shape index (κ1) is 19.0. The monoisotopic (exact) mass is 424 g/mol. The molecule has 0 bridgehead atoms. The van der Waals surface area contributed by atoms with E-state index in [0.717, 1.165) is 25.0 Å². The van der Waals surface area contributed by atoms with Crippen molar-refractivity contribution in [3.63, 3.8) is 0 Å². The van der Waals surface area contributed by atoms with Crippen LogP contribution in [0.5, 0.6) is 0 Å². The second kappa shape index (κ2) is 9.77. The van der Waals surface area contributed by atoms with Crippen LogP contribution in [0.3, 0.4) is 0 Å². The average molecular weight is 425 g/mol. The van der Waals surface area contributed by atoms with Crippen molar-refractivity contribution in [3.05, 3.63) is 59.0 Å². The normalized spacial score (nSPS) is 11.1. The van der Waals surface area contributed by atoms with Crippen molar-refractivity contribution < 1.29 is 9.21 Å². The van der Waals surface area contributed by atoms with Gasteiger partial charge in [-0.3, -0.25) is 4.79 Å². The van der Waals surface area contributed by atoms with Gasteiger partial charge in [-0.2, -0.15) is 5.10 Å². The summed E-state index contributed by atoms with van der Waals surface area (Å²) >= 11 is 10.5. The minimum atomic E-state index is -0.224. The number of carbonyl (C=O) groups excluding carboxylic acids is 1. The highest BCUT2D eigenvalue weighted by Crippen LogP contribution is 2.32. The highest BCUT2D eigenvalue weighted by Gasteiger charge is 2.09. The molecule has 0 fully saturated rings. The van der Waals surface area contributed by atoms with E-state index in [1.165, 1.54) is 35.6 Å². The van der Waals surface area contributed by atoms with Gasteiger partial charge in [-0.15, -0.1) is 10.2 Å². The quantitative estimate of drug-likeness (QED) is 0.329. The Morgan fingerprint density at radius 2 is 2.04 bits per heavy atom. The van der Waals surface area contributed by atoms with Crippen molar-refractivity contribution >= 4 is 58.6 Å². The van der Waals surface area contributed by atoms with Crippen LogP contribution in [-0.2, 0) is 10.5 Å². The van der Waals surface area contributed by atoms with Gasteiger partial charge in [0.1, 0.15) is 5.76 Å². The van der Waals surface area contributed by atoms with Gasteiger partial charge in [-0.05, 0) is 23.8 Å². The van der Waals surface area contributed by atoms with E-state index in [2.05, 4.69) is 20.7 Å². The van der Waals surface area contributed by atoms with E-state index in [4.69, 9.17) is 16.0 Å². The smallest absolute Gasteiger partial charge is 0.250 e. The average Bonchev–Trinajstić information content (AvgIpc) is 3.31. The van der Waals surface area contributed by atoms with Crippen LogP contribution < -0.4 is 5.43 Å². The lowest BCUT2D eigenvalue weighted by molar-refractivity contribution is -0.118. The number of rotatable bonds is 8. The van der Waals surface area contributed by atoms with Crippen LogP contribution in [0.15, 0.2) is 60.9 Å². The lowest BCUT2D eigenvalue weighted by Crippen LogP contribution is -2.19. The number of carbonyl (C=O) groups is 1. The molecule has 0 aliphatic rings. The van der Waals surface area contributed by atoms with Gasteiger partial charge in [-0.25, -0.2) is 5.43 Å². The maximum Gasteiger partial charge on any atom is 0.250 e. The molecular weight excluding hydrogens is 412 g/mol.